The Kier molecular flexibility index (Phi) is 4.60. The van der Waals surface area contributed by atoms with Crippen molar-refractivity contribution in [1.29, 1.82) is 0 Å². The Labute approximate surface area is 105 Å². The van der Waals surface area contributed by atoms with Crippen LogP contribution < -0.4 is 5.32 Å². The fourth-order valence-corrected chi connectivity index (χ4v) is 2.81. The van der Waals surface area contributed by atoms with Crippen molar-refractivity contribution >= 4 is 0 Å². The van der Waals surface area contributed by atoms with Gasteiger partial charge in [-0.05, 0) is 43.6 Å². The van der Waals surface area contributed by atoms with Crippen LogP contribution in [0.25, 0.3) is 0 Å². The third kappa shape index (κ3) is 3.84. The zero-order chi connectivity index (χ0) is 12.1. The topological polar surface area (TPSA) is 29.9 Å². The molecule has 0 atom stereocenters. The molecule has 1 aliphatic rings. The maximum absolute atomic E-state index is 4.21. The van der Waals surface area contributed by atoms with Crippen molar-refractivity contribution in [2.45, 2.75) is 52.1 Å². The van der Waals surface area contributed by atoms with Gasteiger partial charge in [0.1, 0.15) is 0 Å². The molecule has 96 valence electrons. The third-order valence-corrected chi connectivity index (χ3v) is 4.05. The van der Waals surface area contributed by atoms with Crippen molar-refractivity contribution in [1.82, 2.24) is 15.1 Å². The molecule has 3 heteroatoms. The Hall–Kier alpha value is -0.830. The standard InChI is InChI=1S/C14H25N3/c1-12(2)13-4-6-14(7-5-13)15-9-11-17-10-3-8-16-17/h3,8,10,12-15H,4-7,9,11H2,1-2H3. The van der Waals surface area contributed by atoms with Crippen LogP contribution in [0, 0.1) is 11.8 Å². The fourth-order valence-electron chi connectivity index (χ4n) is 2.81. The van der Waals surface area contributed by atoms with Gasteiger partial charge < -0.3 is 5.32 Å². The van der Waals surface area contributed by atoms with Crippen LogP contribution in [0.1, 0.15) is 39.5 Å². The van der Waals surface area contributed by atoms with E-state index in [1.54, 1.807) is 0 Å². The van der Waals surface area contributed by atoms with Crippen molar-refractivity contribution in [3.8, 4) is 0 Å². The largest absolute Gasteiger partial charge is 0.312 e. The van der Waals surface area contributed by atoms with Crippen LogP contribution in [0.5, 0.6) is 0 Å². The summed E-state index contributed by atoms with van der Waals surface area (Å²) in [5.74, 6) is 1.82. The molecule has 0 radical (unpaired) electrons. The van der Waals surface area contributed by atoms with E-state index in [1.165, 1.54) is 25.7 Å². The highest BCUT2D eigenvalue weighted by molar-refractivity contribution is 4.80. The maximum Gasteiger partial charge on any atom is 0.0534 e. The van der Waals surface area contributed by atoms with Gasteiger partial charge in [-0.1, -0.05) is 13.8 Å². The molecule has 1 fully saturated rings. The monoisotopic (exact) mass is 235 g/mol. The van der Waals surface area contributed by atoms with Gasteiger partial charge in [0, 0.05) is 25.0 Å². The molecule has 1 aromatic rings. The molecule has 1 aromatic heterocycles. The molecule has 3 nitrogen and oxygen atoms in total. The first-order chi connectivity index (χ1) is 8.25. The third-order valence-electron chi connectivity index (χ3n) is 4.05. The molecule has 0 aromatic carbocycles. The molecule has 1 N–H and O–H groups in total. The minimum absolute atomic E-state index is 0.737. The Balaban J connectivity index is 1.62. The van der Waals surface area contributed by atoms with E-state index in [4.69, 9.17) is 0 Å². The van der Waals surface area contributed by atoms with Gasteiger partial charge in [-0.15, -0.1) is 0 Å². The van der Waals surface area contributed by atoms with Crippen molar-refractivity contribution < 1.29 is 0 Å². The van der Waals surface area contributed by atoms with Crippen LogP contribution >= 0.6 is 0 Å². The molecular weight excluding hydrogens is 210 g/mol. The zero-order valence-electron chi connectivity index (χ0n) is 11.1. The highest BCUT2D eigenvalue weighted by atomic mass is 15.3. The number of hydrogen-bond donors (Lipinski definition) is 1. The van der Waals surface area contributed by atoms with Gasteiger partial charge in [-0.25, -0.2) is 0 Å². The quantitative estimate of drug-likeness (QED) is 0.850. The predicted octanol–water partition coefficient (Wildman–Crippen LogP) is 2.69. The molecule has 0 aliphatic heterocycles. The zero-order valence-corrected chi connectivity index (χ0v) is 11.1. The molecular formula is C14H25N3. The minimum Gasteiger partial charge on any atom is -0.312 e. The highest BCUT2D eigenvalue weighted by Gasteiger charge is 2.22. The second kappa shape index (κ2) is 6.20. The number of aromatic nitrogens is 2. The van der Waals surface area contributed by atoms with Crippen LogP contribution in [0.4, 0.5) is 0 Å². The minimum atomic E-state index is 0.737. The smallest absolute Gasteiger partial charge is 0.0534 e. The van der Waals surface area contributed by atoms with E-state index in [-0.39, 0.29) is 0 Å². The average Bonchev–Trinajstić information content (AvgIpc) is 2.83. The van der Waals surface area contributed by atoms with E-state index >= 15 is 0 Å². The molecule has 2 rings (SSSR count). The summed E-state index contributed by atoms with van der Waals surface area (Å²) >= 11 is 0. The lowest BCUT2D eigenvalue weighted by Gasteiger charge is -2.31. The summed E-state index contributed by atoms with van der Waals surface area (Å²) in [7, 11) is 0. The van der Waals surface area contributed by atoms with Crippen LogP contribution in [0.2, 0.25) is 0 Å². The summed E-state index contributed by atoms with van der Waals surface area (Å²) in [6, 6.07) is 2.72. The molecule has 1 aliphatic carbocycles. The Bertz CT molecular complexity index is 297. The van der Waals surface area contributed by atoms with E-state index in [0.29, 0.717) is 0 Å². The van der Waals surface area contributed by atoms with Gasteiger partial charge in [0.05, 0.1) is 6.54 Å². The lowest BCUT2D eigenvalue weighted by molar-refractivity contribution is 0.237. The van der Waals surface area contributed by atoms with E-state index in [0.717, 1.165) is 31.0 Å². The lowest BCUT2D eigenvalue weighted by atomic mass is 9.80. The maximum atomic E-state index is 4.21. The molecule has 0 bridgehead atoms. The summed E-state index contributed by atoms with van der Waals surface area (Å²) in [6.45, 7) is 6.74. The second-order valence-corrected chi connectivity index (χ2v) is 5.58. The van der Waals surface area contributed by atoms with Gasteiger partial charge >= 0.3 is 0 Å². The van der Waals surface area contributed by atoms with Crippen LogP contribution in [-0.2, 0) is 6.54 Å². The number of hydrogen-bond acceptors (Lipinski definition) is 2. The van der Waals surface area contributed by atoms with Gasteiger partial charge in [-0.2, -0.15) is 5.10 Å². The Morgan fingerprint density at radius 1 is 1.29 bits per heavy atom. The van der Waals surface area contributed by atoms with Gasteiger partial charge in [-0.3, -0.25) is 4.68 Å². The summed E-state index contributed by atoms with van der Waals surface area (Å²) in [5, 5.41) is 7.87. The molecule has 17 heavy (non-hydrogen) atoms. The number of nitrogens with zero attached hydrogens (tertiary/aromatic N) is 2. The first kappa shape index (κ1) is 12.6. The summed E-state index contributed by atoms with van der Waals surface area (Å²) in [5.41, 5.74) is 0. The molecule has 0 saturated heterocycles. The highest BCUT2D eigenvalue weighted by Crippen LogP contribution is 2.29. The summed E-state index contributed by atoms with van der Waals surface area (Å²) in [4.78, 5) is 0. The second-order valence-electron chi connectivity index (χ2n) is 5.58. The molecule has 1 saturated carbocycles. The van der Waals surface area contributed by atoms with Crippen molar-refractivity contribution in [2.24, 2.45) is 11.8 Å². The average molecular weight is 235 g/mol. The Morgan fingerprint density at radius 2 is 2.06 bits per heavy atom. The van der Waals surface area contributed by atoms with E-state index in [9.17, 15) is 0 Å². The fraction of sp³-hybridized carbons (Fsp3) is 0.786. The van der Waals surface area contributed by atoms with Crippen LogP contribution in [0.3, 0.4) is 0 Å². The SMILES string of the molecule is CC(C)C1CCC(NCCn2cccn2)CC1. The number of rotatable bonds is 5. The van der Waals surface area contributed by atoms with Crippen molar-refractivity contribution in [3.63, 3.8) is 0 Å². The van der Waals surface area contributed by atoms with E-state index in [2.05, 4.69) is 24.3 Å². The predicted molar refractivity (Wildman–Crippen MR) is 70.8 cm³/mol. The molecule has 1 heterocycles. The number of nitrogens with one attached hydrogen (secondary N) is 1. The van der Waals surface area contributed by atoms with E-state index < -0.39 is 0 Å². The van der Waals surface area contributed by atoms with Gasteiger partial charge in [0.15, 0.2) is 0 Å². The van der Waals surface area contributed by atoms with Crippen molar-refractivity contribution in [2.75, 3.05) is 6.54 Å². The normalized spacial score (nSPS) is 25.4. The van der Waals surface area contributed by atoms with Crippen molar-refractivity contribution in [3.05, 3.63) is 18.5 Å². The first-order valence-corrected chi connectivity index (χ1v) is 6.96. The molecule has 0 amide bonds. The Morgan fingerprint density at radius 3 is 2.65 bits per heavy atom. The van der Waals surface area contributed by atoms with E-state index in [1.807, 2.05) is 23.1 Å². The van der Waals surface area contributed by atoms with Gasteiger partial charge in [0.25, 0.3) is 0 Å². The van der Waals surface area contributed by atoms with Crippen LogP contribution in [0.15, 0.2) is 18.5 Å². The lowest BCUT2D eigenvalue weighted by Crippen LogP contribution is -2.36. The summed E-state index contributed by atoms with van der Waals surface area (Å²) in [6.07, 6.45) is 9.36. The van der Waals surface area contributed by atoms with Crippen LogP contribution in [-0.4, -0.2) is 22.4 Å². The first-order valence-electron chi connectivity index (χ1n) is 6.96. The molecule has 0 unspecified atom stereocenters. The van der Waals surface area contributed by atoms with Gasteiger partial charge in [0.2, 0.25) is 0 Å². The summed E-state index contributed by atoms with van der Waals surface area (Å²) < 4.78 is 1.99. The molecule has 0 spiro atoms.